The summed E-state index contributed by atoms with van der Waals surface area (Å²) >= 11 is 0. The van der Waals surface area contributed by atoms with Crippen LogP contribution in [0.1, 0.15) is 40.5 Å². The number of hydrogen-bond donors (Lipinski definition) is 1. The highest BCUT2D eigenvalue weighted by molar-refractivity contribution is 6.00. The molecule has 0 spiro atoms. The van der Waals surface area contributed by atoms with Gasteiger partial charge < -0.3 is 19.7 Å². The Kier molecular flexibility index (Phi) is 9.08. The van der Waals surface area contributed by atoms with Gasteiger partial charge in [0.25, 0.3) is 0 Å². The molecule has 0 bridgehead atoms. The number of amidine groups is 1. The van der Waals surface area contributed by atoms with Crippen molar-refractivity contribution in [3.63, 3.8) is 0 Å². The van der Waals surface area contributed by atoms with Crippen molar-refractivity contribution < 1.29 is 9.47 Å². The summed E-state index contributed by atoms with van der Waals surface area (Å²) in [7, 11) is 3.63. The molecule has 182 valence electrons. The zero-order valence-electron chi connectivity index (χ0n) is 21.5. The Morgan fingerprint density at radius 1 is 1.18 bits per heavy atom. The monoisotopic (exact) mass is 461 g/mol. The van der Waals surface area contributed by atoms with Crippen molar-refractivity contribution in [2.24, 2.45) is 4.99 Å². The predicted molar refractivity (Wildman–Crippen MR) is 143 cm³/mol. The molecule has 0 amide bonds. The smallest absolute Gasteiger partial charge is 0.134 e. The Labute approximate surface area is 204 Å². The lowest BCUT2D eigenvalue weighted by Crippen LogP contribution is -2.48. The quantitative estimate of drug-likeness (QED) is 0.513. The van der Waals surface area contributed by atoms with Crippen LogP contribution in [0.5, 0.6) is 5.75 Å². The van der Waals surface area contributed by atoms with Gasteiger partial charge in [-0.3, -0.25) is 4.99 Å². The second kappa shape index (κ2) is 12.0. The normalized spacial score (nSPS) is 20.2. The van der Waals surface area contributed by atoms with E-state index in [0.717, 1.165) is 59.2 Å². The van der Waals surface area contributed by atoms with E-state index in [9.17, 15) is 0 Å². The second-order valence-electron chi connectivity index (χ2n) is 8.99. The number of nitrogens with one attached hydrogen (secondary N) is 1. The molecule has 0 radical (unpaired) electrons. The van der Waals surface area contributed by atoms with Gasteiger partial charge in [-0.25, -0.2) is 0 Å². The molecule has 1 aromatic rings. The summed E-state index contributed by atoms with van der Waals surface area (Å²) in [5.74, 6) is 1.82. The van der Waals surface area contributed by atoms with Gasteiger partial charge >= 0.3 is 0 Å². The Hall–Kier alpha value is -2.89. The fraction of sp³-hybridized carbons (Fsp3) is 0.414. The summed E-state index contributed by atoms with van der Waals surface area (Å²) in [6.45, 7) is 10.9. The van der Waals surface area contributed by atoms with E-state index in [4.69, 9.17) is 9.47 Å². The molecule has 5 heteroatoms. The molecule has 2 aliphatic rings. The molecule has 0 saturated carbocycles. The largest absolute Gasteiger partial charge is 0.490 e. The Morgan fingerprint density at radius 2 is 1.94 bits per heavy atom. The van der Waals surface area contributed by atoms with Crippen molar-refractivity contribution in [1.82, 2.24) is 10.2 Å². The number of piperidine rings is 1. The van der Waals surface area contributed by atoms with Gasteiger partial charge in [0.05, 0.1) is 0 Å². The van der Waals surface area contributed by atoms with E-state index in [1.54, 1.807) is 7.11 Å². The zero-order chi connectivity index (χ0) is 24.6. The van der Waals surface area contributed by atoms with Crippen LogP contribution in [-0.4, -0.2) is 50.2 Å². The molecular formula is C29H39N3O2. The van der Waals surface area contributed by atoms with Crippen LogP contribution in [0.25, 0.3) is 11.6 Å². The van der Waals surface area contributed by atoms with Crippen LogP contribution in [0.3, 0.4) is 0 Å². The zero-order valence-corrected chi connectivity index (χ0v) is 21.5. The van der Waals surface area contributed by atoms with Gasteiger partial charge in [0.1, 0.15) is 23.8 Å². The number of aliphatic imine (C=N–C) groups is 1. The van der Waals surface area contributed by atoms with Crippen LogP contribution < -0.4 is 20.5 Å². The van der Waals surface area contributed by atoms with Gasteiger partial charge in [0.2, 0.25) is 0 Å². The number of benzene rings is 1. The second-order valence-corrected chi connectivity index (χ2v) is 8.99. The Bertz CT molecular complexity index is 1130. The average molecular weight is 462 g/mol. The molecule has 5 nitrogen and oxygen atoms in total. The SMILES string of the molecule is C/C=C1/C=CC=CN1C(=NC)/C(C)=C/C=c1/cccc(OCC2(OC)CCNCC2)c1=C(C)C. The van der Waals surface area contributed by atoms with Crippen LogP contribution in [0.2, 0.25) is 0 Å². The topological polar surface area (TPSA) is 46.1 Å². The first kappa shape index (κ1) is 25.7. The summed E-state index contributed by atoms with van der Waals surface area (Å²) in [5, 5.41) is 5.67. The number of ether oxygens (including phenoxy) is 2. The molecule has 0 aliphatic carbocycles. The van der Waals surface area contributed by atoms with E-state index in [1.165, 1.54) is 5.57 Å². The molecule has 0 atom stereocenters. The van der Waals surface area contributed by atoms with Gasteiger partial charge in [-0.05, 0) is 82.6 Å². The third-order valence-corrected chi connectivity index (χ3v) is 6.49. The fourth-order valence-electron chi connectivity index (χ4n) is 4.49. The molecule has 1 fully saturated rings. The Balaban J connectivity index is 1.93. The minimum Gasteiger partial charge on any atom is -0.490 e. The highest BCUT2D eigenvalue weighted by Gasteiger charge is 2.32. The number of nitrogens with zero attached hydrogens (tertiary/aromatic N) is 2. The van der Waals surface area contributed by atoms with Gasteiger partial charge in [-0.15, -0.1) is 0 Å². The maximum absolute atomic E-state index is 6.40. The third-order valence-electron chi connectivity index (χ3n) is 6.49. The van der Waals surface area contributed by atoms with Crippen LogP contribution in [-0.2, 0) is 4.74 Å². The number of methoxy groups -OCH3 is 1. The molecule has 1 saturated heterocycles. The summed E-state index contributed by atoms with van der Waals surface area (Å²) in [6, 6.07) is 6.26. The van der Waals surface area contributed by atoms with E-state index in [0.29, 0.717) is 6.61 Å². The predicted octanol–water partition coefficient (Wildman–Crippen LogP) is 4.07. The van der Waals surface area contributed by atoms with Gasteiger partial charge in [-0.1, -0.05) is 42.0 Å². The molecule has 0 unspecified atom stereocenters. The maximum Gasteiger partial charge on any atom is 0.134 e. The van der Waals surface area contributed by atoms with Crippen molar-refractivity contribution in [2.45, 2.75) is 46.1 Å². The molecule has 1 aromatic carbocycles. The van der Waals surface area contributed by atoms with E-state index in [2.05, 4.69) is 78.5 Å². The number of rotatable bonds is 6. The lowest BCUT2D eigenvalue weighted by atomic mass is 9.93. The molecule has 3 rings (SSSR count). The highest BCUT2D eigenvalue weighted by Crippen LogP contribution is 2.23. The first-order valence-corrected chi connectivity index (χ1v) is 12.1. The Morgan fingerprint density at radius 3 is 2.59 bits per heavy atom. The summed E-state index contributed by atoms with van der Waals surface area (Å²) in [6.07, 6.45) is 16.5. The number of allylic oxidation sites excluding steroid dienone is 5. The first-order chi connectivity index (χ1) is 16.4. The standard InChI is InChI=1S/C29H39N3O2/c1-7-25-12-8-9-20-32(25)28(30-5)23(4)14-15-24-11-10-13-26(27(24)22(2)3)34-21-29(33-6)16-18-31-19-17-29/h7-15,20,31H,16-19,21H2,1-6H3/b23-14+,24-15-,25-7-,30-28?. The van der Waals surface area contributed by atoms with Crippen molar-refractivity contribution >= 4 is 17.5 Å². The molecule has 34 heavy (non-hydrogen) atoms. The summed E-state index contributed by atoms with van der Waals surface area (Å²) < 4.78 is 12.3. The fourth-order valence-corrected chi connectivity index (χ4v) is 4.49. The molecular weight excluding hydrogens is 422 g/mol. The first-order valence-electron chi connectivity index (χ1n) is 12.1. The van der Waals surface area contributed by atoms with Gasteiger partial charge in [0.15, 0.2) is 0 Å². The van der Waals surface area contributed by atoms with E-state index < -0.39 is 0 Å². The summed E-state index contributed by atoms with van der Waals surface area (Å²) in [5.41, 5.74) is 3.18. The lowest BCUT2D eigenvalue weighted by Gasteiger charge is -2.36. The lowest BCUT2D eigenvalue weighted by molar-refractivity contribution is -0.0642. The van der Waals surface area contributed by atoms with Crippen LogP contribution in [0.15, 0.2) is 71.0 Å². The van der Waals surface area contributed by atoms with Crippen molar-refractivity contribution in [3.8, 4) is 5.75 Å². The van der Waals surface area contributed by atoms with Crippen LogP contribution >= 0.6 is 0 Å². The highest BCUT2D eigenvalue weighted by atomic mass is 16.5. The third kappa shape index (κ3) is 5.96. The average Bonchev–Trinajstić information content (AvgIpc) is 2.87. The van der Waals surface area contributed by atoms with E-state index in [1.807, 2.05) is 32.3 Å². The molecule has 2 heterocycles. The molecule has 2 aliphatic heterocycles. The van der Waals surface area contributed by atoms with Gasteiger partial charge in [-0.2, -0.15) is 0 Å². The molecule has 0 aromatic heterocycles. The van der Waals surface area contributed by atoms with Crippen molar-refractivity contribution in [1.29, 1.82) is 0 Å². The van der Waals surface area contributed by atoms with Gasteiger partial charge in [0, 0.05) is 31.3 Å². The maximum atomic E-state index is 6.40. The van der Waals surface area contributed by atoms with Crippen LogP contribution in [0.4, 0.5) is 0 Å². The summed E-state index contributed by atoms with van der Waals surface area (Å²) in [4.78, 5) is 6.69. The number of hydrogen-bond acceptors (Lipinski definition) is 4. The van der Waals surface area contributed by atoms with Crippen molar-refractivity contribution in [2.75, 3.05) is 33.9 Å². The minimum absolute atomic E-state index is 0.228. The van der Waals surface area contributed by atoms with Crippen LogP contribution in [0, 0.1) is 0 Å². The van der Waals surface area contributed by atoms with Crippen molar-refractivity contribution in [3.05, 3.63) is 76.5 Å². The van der Waals surface area contributed by atoms with E-state index in [-0.39, 0.29) is 5.60 Å². The molecule has 1 N–H and O–H groups in total. The minimum atomic E-state index is -0.228. The van der Waals surface area contributed by atoms with E-state index >= 15 is 0 Å².